The van der Waals surface area contributed by atoms with Crippen molar-refractivity contribution < 1.29 is 0 Å². The van der Waals surface area contributed by atoms with Gasteiger partial charge in [-0.2, -0.15) is 0 Å². The number of piperazine rings is 1. The lowest BCUT2D eigenvalue weighted by atomic mass is 10.3. The van der Waals surface area contributed by atoms with Crippen LogP contribution in [-0.4, -0.2) is 41.1 Å². The molecule has 19 heavy (non-hydrogen) atoms. The zero-order chi connectivity index (χ0) is 13.2. The van der Waals surface area contributed by atoms with E-state index >= 15 is 0 Å². The maximum atomic E-state index is 11.5. The molecule has 0 radical (unpaired) electrons. The van der Waals surface area contributed by atoms with Crippen LogP contribution in [0.5, 0.6) is 0 Å². The molecule has 2 aromatic heterocycles. The third-order valence-electron chi connectivity index (χ3n) is 3.05. The summed E-state index contributed by atoms with van der Waals surface area (Å²) in [7, 11) is 0. The molecule has 1 aliphatic rings. The second-order valence-corrected chi connectivity index (χ2v) is 5.82. The Morgan fingerprint density at radius 3 is 2.63 bits per heavy atom. The minimum atomic E-state index is -0.146. The molecule has 100 valence electrons. The van der Waals surface area contributed by atoms with Crippen LogP contribution in [0.1, 0.15) is 0 Å². The summed E-state index contributed by atoms with van der Waals surface area (Å²) in [5.41, 5.74) is -0.146. The number of aromatic nitrogens is 3. The fraction of sp³-hybridized carbons (Fsp3) is 0.364. The van der Waals surface area contributed by atoms with Crippen LogP contribution in [0.25, 0.3) is 0 Å². The van der Waals surface area contributed by atoms with Crippen molar-refractivity contribution in [3.8, 4) is 0 Å². The SMILES string of the molecule is O=c1[nH]cnc(N2CCN(c3nccs3)CC2)c1Br. The molecule has 0 unspecified atom stereocenters. The quantitative estimate of drug-likeness (QED) is 0.892. The third-order valence-corrected chi connectivity index (χ3v) is 4.59. The summed E-state index contributed by atoms with van der Waals surface area (Å²) in [6.07, 6.45) is 3.26. The van der Waals surface area contributed by atoms with Gasteiger partial charge in [0.1, 0.15) is 10.3 Å². The molecule has 8 heteroatoms. The first-order chi connectivity index (χ1) is 9.25. The topological polar surface area (TPSA) is 65.1 Å². The molecule has 0 amide bonds. The molecule has 3 rings (SSSR count). The Morgan fingerprint density at radius 2 is 1.95 bits per heavy atom. The van der Waals surface area contributed by atoms with Crippen molar-refractivity contribution in [3.05, 3.63) is 32.7 Å². The summed E-state index contributed by atoms with van der Waals surface area (Å²) in [4.78, 5) is 27.0. The number of thiazole rings is 1. The first-order valence-electron chi connectivity index (χ1n) is 5.88. The van der Waals surface area contributed by atoms with Crippen LogP contribution in [0.15, 0.2) is 27.2 Å². The monoisotopic (exact) mass is 341 g/mol. The molecule has 6 nitrogen and oxygen atoms in total. The van der Waals surface area contributed by atoms with E-state index in [2.05, 4.69) is 40.7 Å². The summed E-state index contributed by atoms with van der Waals surface area (Å²) in [5.74, 6) is 0.711. The van der Waals surface area contributed by atoms with Crippen LogP contribution >= 0.6 is 27.3 Å². The smallest absolute Gasteiger partial charge is 0.267 e. The number of H-pyrrole nitrogens is 1. The Bertz CT molecular complexity index is 606. The van der Waals surface area contributed by atoms with E-state index in [0.29, 0.717) is 10.3 Å². The lowest BCUT2D eigenvalue weighted by Crippen LogP contribution is -2.47. The molecule has 0 saturated carbocycles. The maximum Gasteiger partial charge on any atom is 0.267 e. The molecule has 1 aliphatic heterocycles. The van der Waals surface area contributed by atoms with E-state index in [4.69, 9.17) is 0 Å². The average molecular weight is 342 g/mol. The lowest BCUT2D eigenvalue weighted by molar-refractivity contribution is 0.643. The first-order valence-corrected chi connectivity index (χ1v) is 7.55. The molecule has 3 heterocycles. The summed E-state index contributed by atoms with van der Waals surface area (Å²) in [5, 5.41) is 3.04. The number of hydrogen-bond acceptors (Lipinski definition) is 6. The van der Waals surface area contributed by atoms with Gasteiger partial charge in [0, 0.05) is 37.8 Å². The van der Waals surface area contributed by atoms with Crippen LogP contribution in [0.2, 0.25) is 0 Å². The summed E-state index contributed by atoms with van der Waals surface area (Å²) < 4.78 is 0.498. The molecule has 0 spiro atoms. The predicted octanol–water partition coefficient (Wildman–Crippen LogP) is 1.32. The zero-order valence-corrected chi connectivity index (χ0v) is 12.4. The molecular formula is C11H12BrN5OS. The van der Waals surface area contributed by atoms with Crippen LogP contribution in [0, 0.1) is 0 Å². The standard InChI is InChI=1S/C11H12BrN5OS/c12-8-9(14-7-15-10(8)18)16-2-4-17(5-3-16)11-13-1-6-19-11/h1,6-7H,2-5H2,(H,14,15,18). The van der Waals surface area contributed by atoms with Gasteiger partial charge < -0.3 is 14.8 Å². The zero-order valence-electron chi connectivity index (χ0n) is 10.0. The fourth-order valence-corrected chi connectivity index (χ4v) is 3.24. The lowest BCUT2D eigenvalue weighted by Gasteiger charge is -2.35. The van der Waals surface area contributed by atoms with Crippen molar-refractivity contribution in [2.45, 2.75) is 0 Å². The third kappa shape index (κ3) is 2.50. The van der Waals surface area contributed by atoms with Gasteiger partial charge in [-0.1, -0.05) is 0 Å². The van der Waals surface area contributed by atoms with Gasteiger partial charge in [0.2, 0.25) is 0 Å². The molecule has 0 bridgehead atoms. The van der Waals surface area contributed by atoms with E-state index < -0.39 is 0 Å². The fourth-order valence-electron chi connectivity index (χ4n) is 2.08. The summed E-state index contributed by atoms with van der Waals surface area (Å²) in [6, 6.07) is 0. The molecular weight excluding hydrogens is 330 g/mol. The normalized spacial score (nSPS) is 15.8. The highest BCUT2D eigenvalue weighted by Crippen LogP contribution is 2.23. The van der Waals surface area contributed by atoms with Crippen LogP contribution in [0.4, 0.5) is 10.9 Å². The molecule has 1 N–H and O–H groups in total. The van der Waals surface area contributed by atoms with Crippen LogP contribution < -0.4 is 15.4 Å². The van der Waals surface area contributed by atoms with Crippen LogP contribution in [-0.2, 0) is 0 Å². The van der Waals surface area contributed by atoms with E-state index in [1.165, 1.54) is 6.33 Å². The Labute approximate surface area is 122 Å². The Hall–Kier alpha value is -1.41. The van der Waals surface area contributed by atoms with E-state index in [9.17, 15) is 4.79 Å². The molecule has 0 atom stereocenters. The summed E-state index contributed by atoms with van der Waals surface area (Å²) in [6.45, 7) is 3.42. The number of hydrogen-bond donors (Lipinski definition) is 1. The largest absolute Gasteiger partial charge is 0.352 e. The van der Waals surface area contributed by atoms with Gasteiger partial charge in [-0.05, 0) is 15.9 Å². The maximum absolute atomic E-state index is 11.5. The van der Waals surface area contributed by atoms with Gasteiger partial charge in [0.25, 0.3) is 5.56 Å². The number of nitrogens with zero attached hydrogens (tertiary/aromatic N) is 4. The van der Waals surface area contributed by atoms with E-state index in [0.717, 1.165) is 31.3 Å². The number of aromatic amines is 1. The highest BCUT2D eigenvalue weighted by Gasteiger charge is 2.21. The van der Waals surface area contributed by atoms with Gasteiger partial charge in [0.15, 0.2) is 5.13 Å². The van der Waals surface area contributed by atoms with E-state index in [-0.39, 0.29) is 5.56 Å². The highest BCUT2D eigenvalue weighted by molar-refractivity contribution is 9.10. The molecule has 1 fully saturated rings. The summed E-state index contributed by atoms with van der Waals surface area (Å²) >= 11 is 4.95. The van der Waals surface area contributed by atoms with Gasteiger partial charge >= 0.3 is 0 Å². The van der Waals surface area contributed by atoms with Crippen molar-refractivity contribution in [2.75, 3.05) is 36.0 Å². The van der Waals surface area contributed by atoms with Crippen molar-refractivity contribution in [1.82, 2.24) is 15.0 Å². The number of rotatable bonds is 2. The molecule has 2 aromatic rings. The minimum absolute atomic E-state index is 0.146. The van der Waals surface area contributed by atoms with Crippen molar-refractivity contribution in [1.29, 1.82) is 0 Å². The molecule has 0 aliphatic carbocycles. The minimum Gasteiger partial charge on any atom is -0.352 e. The van der Waals surface area contributed by atoms with Crippen molar-refractivity contribution in [3.63, 3.8) is 0 Å². The Balaban J connectivity index is 1.73. The number of nitrogens with one attached hydrogen (secondary N) is 1. The van der Waals surface area contributed by atoms with E-state index in [1.54, 1.807) is 11.3 Å². The predicted molar refractivity (Wildman–Crippen MR) is 79.1 cm³/mol. The van der Waals surface area contributed by atoms with Gasteiger partial charge in [-0.3, -0.25) is 4.79 Å². The Morgan fingerprint density at radius 1 is 1.21 bits per heavy atom. The number of anilines is 2. The highest BCUT2D eigenvalue weighted by atomic mass is 79.9. The van der Waals surface area contributed by atoms with Gasteiger partial charge in [-0.15, -0.1) is 11.3 Å². The van der Waals surface area contributed by atoms with Gasteiger partial charge in [-0.25, -0.2) is 9.97 Å². The number of halogens is 1. The van der Waals surface area contributed by atoms with Crippen molar-refractivity contribution >= 4 is 38.2 Å². The molecule has 0 aromatic carbocycles. The second kappa shape index (κ2) is 5.30. The molecule has 1 saturated heterocycles. The Kier molecular flexibility index (Phi) is 3.52. The first kappa shape index (κ1) is 12.6. The van der Waals surface area contributed by atoms with Gasteiger partial charge in [0.05, 0.1) is 6.33 Å². The van der Waals surface area contributed by atoms with Crippen LogP contribution in [0.3, 0.4) is 0 Å². The van der Waals surface area contributed by atoms with Crippen molar-refractivity contribution in [2.24, 2.45) is 0 Å². The van der Waals surface area contributed by atoms with E-state index in [1.807, 2.05) is 11.6 Å². The second-order valence-electron chi connectivity index (χ2n) is 4.16. The average Bonchev–Trinajstić information content (AvgIpc) is 2.96.